The number of pyridine rings is 1. The first-order valence-corrected chi connectivity index (χ1v) is 4.99. The van der Waals surface area contributed by atoms with Gasteiger partial charge in [-0.3, -0.25) is 0 Å². The van der Waals surface area contributed by atoms with Crippen LogP contribution in [0, 0.1) is 6.92 Å². The number of aryl methyl sites for hydroxylation is 1. The van der Waals surface area contributed by atoms with Gasteiger partial charge in [0, 0.05) is 11.9 Å². The molecule has 0 atom stereocenters. The normalized spacial score (nSPS) is 10.2. The molecule has 2 aromatic rings. The Balaban J connectivity index is 2.04. The standard InChI is InChI=1S/C11H11N3O3/c1-7-5-14-10(17-7)6-13-8-2-3-12-9(4-8)11(15)16/h2-5H,6H2,1H3,(H,12,13)(H,15,16). The third-order valence-electron chi connectivity index (χ3n) is 2.09. The van der Waals surface area contributed by atoms with Gasteiger partial charge in [0.15, 0.2) is 0 Å². The van der Waals surface area contributed by atoms with Crippen LogP contribution in [0.4, 0.5) is 5.69 Å². The van der Waals surface area contributed by atoms with Gasteiger partial charge in [-0.05, 0) is 19.1 Å². The van der Waals surface area contributed by atoms with Crippen molar-refractivity contribution >= 4 is 11.7 Å². The third kappa shape index (κ3) is 2.81. The molecule has 0 aliphatic carbocycles. The molecule has 0 unspecified atom stereocenters. The summed E-state index contributed by atoms with van der Waals surface area (Å²) in [5.41, 5.74) is 0.659. The summed E-state index contributed by atoms with van der Waals surface area (Å²) in [5.74, 6) is 0.236. The van der Waals surface area contributed by atoms with E-state index < -0.39 is 5.97 Å². The third-order valence-corrected chi connectivity index (χ3v) is 2.09. The van der Waals surface area contributed by atoms with Crippen molar-refractivity contribution in [2.45, 2.75) is 13.5 Å². The van der Waals surface area contributed by atoms with Gasteiger partial charge in [0.1, 0.15) is 11.5 Å². The van der Waals surface area contributed by atoms with Crippen LogP contribution in [-0.4, -0.2) is 21.0 Å². The number of anilines is 1. The van der Waals surface area contributed by atoms with E-state index in [-0.39, 0.29) is 5.69 Å². The summed E-state index contributed by atoms with van der Waals surface area (Å²) in [7, 11) is 0. The highest BCUT2D eigenvalue weighted by atomic mass is 16.4. The summed E-state index contributed by atoms with van der Waals surface area (Å²) in [5, 5.41) is 11.8. The predicted octanol–water partition coefficient (Wildman–Crippen LogP) is 1.69. The van der Waals surface area contributed by atoms with E-state index in [1.54, 1.807) is 12.3 Å². The summed E-state index contributed by atoms with van der Waals surface area (Å²) in [4.78, 5) is 18.5. The van der Waals surface area contributed by atoms with Crippen molar-refractivity contribution in [3.8, 4) is 0 Å². The van der Waals surface area contributed by atoms with Crippen LogP contribution in [0.5, 0.6) is 0 Å². The molecule has 0 fully saturated rings. The lowest BCUT2D eigenvalue weighted by atomic mass is 10.3. The molecular formula is C11H11N3O3. The molecule has 2 heterocycles. The first-order valence-electron chi connectivity index (χ1n) is 4.99. The smallest absolute Gasteiger partial charge is 0.354 e. The van der Waals surface area contributed by atoms with Crippen molar-refractivity contribution in [3.05, 3.63) is 41.9 Å². The van der Waals surface area contributed by atoms with Gasteiger partial charge in [0.25, 0.3) is 0 Å². The second-order valence-electron chi connectivity index (χ2n) is 3.45. The van der Waals surface area contributed by atoms with Gasteiger partial charge in [-0.1, -0.05) is 0 Å². The summed E-state index contributed by atoms with van der Waals surface area (Å²) < 4.78 is 5.28. The van der Waals surface area contributed by atoms with Crippen LogP contribution in [0.25, 0.3) is 0 Å². The molecule has 0 radical (unpaired) electrons. The number of rotatable bonds is 4. The van der Waals surface area contributed by atoms with E-state index in [0.717, 1.165) is 5.76 Å². The number of hydrogen-bond acceptors (Lipinski definition) is 5. The second kappa shape index (κ2) is 4.65. The second-order valence-corrected chi connectivity index (χ2v) is 3.45. The molecule has 0 aliphatic heterocycles. The van der Waals surface area contributed by atoms with Crippen LogP contribution in [0.2, 0.25) is 0 Å². The Morgan fingerprint density at radius 3 is 3.00 bits per heavy atom. The molecule has 17 heavy (non-hydrogen) atoms. The molecule has 0 aromatic carbocycles. The van der Waals surface area contributed by atoms with Gasteiger partial charge in [-0.25, -0.2) is 14.8 Å². The number of aromatic nitrogens is 2. The van der Waals surface area contributed by atoms with Gasteiger partial charge in [0.05, 0.1) is 12.7 Å². The van der Waals surface area contributed by atoms with Crippen molar-refractivity contribution in [2.24, 2.45) is 0 Å². The predicted molar refractivity (Wildman–Crippen MR) is 59.8 cm³/mol. The Kier molecular flexibility index (Phi) is 3.04. The molecule has 0 amide bonds. The minimum Gasteiger partial charge on any atom is -0.477 e. The zero-order valence-corrected chi connectivity index (χ0v) is 9.17. The van der Waals surface area contributed by atoms with Crippen molar-refractivity contribution in [3.63, 3.8) is 0 Å². The van der Waals surface area contributed by atoms with E-state index in [2.05, 4.69) is 15.3 Å². The Bertz CT molecular complexity index is 536. The fourth-order valence-electron chi connectivity index (χ4n) is 1.32. The Morgan fingerprint density at radius 2 is 2.35 bits per heavy atom. The monoisotopic (exact) mass is 233 g/mol. The lowest BCUT2D eigenvalue weighted by molar-refractivity contribution is 0.0690. The number of nitrogens with one attached hydrogen (secondary N) is 1. The quantitative estimate of drug-likeness (QED) is 0.835. The molecular weight excluding hydrogens is 222 g/mol. The van der Waals surface area contributed by atoms with Crippen molar-refractivity contribution in [2.75, 3.05) is 5.32 Å². The molecule has 0 bridgehead atoms. The number of aromatic carboxylic acids is 1. The van der Waals surface area contributed by atoms with Crippen LogP contribution >= 0.6 is 0 Å². The molecule has 88 valence electrons. The topological polar surface area (TPSA) is 88.2 Å². The summed E-state index contributed by atoms with van der Waals surface area (Å²) >= 11 is 0. The van der Waals surface area contributed by atoms with Gasteiger partial charge < -0.3 is 14.8 Å². The SMILES string of the molecule is Cc1cnc(CNc2ccnc(C(=O)O)c2)o1. The number of carboxylic acid groups (broad SMARTS) is 1. The fourth-order valence-corrected chi connectivity index (χ4v) is 1.32. The summed E-state index contributed by atoms with van der Waals surface area (Å²) in [6.07, 6.45) is 3.07. The van der Waals surface area contributed by atoms with Gasteiger partial charge in [-0.2, -0.15) is 0 Å². The van der Waals surface area contributed by atoms with Gasteiger partial charge >= 0.3 is 5.97 Å². The fraction of sp³-hybridized carbons (Fsp3) is 0.182. The van der Waals surface area contributed by atoms with Crippen LogP contribution in [0.1, 0.15) is 22.1 Å². The van der Waals surface area contributed by atoms with Gasteiger partial charge in [-0.15, -0.1) is 0 Å². The number of carboxylic acids is 1. The van der Waals surface area contributed by atoms with E-state index in [1.165, 1.54) is 12.3 Å². The largest absolute Gasteiger partial charge is 0.477 e. The molecule has 6 heteroatoms. The maximum absolute atomic E-state index is 10.7. The maximum atomic E-state index is 10.7. The first kappa shape index (κ1) is 11.1. The Hall–Kier alpha value is -2.37. The summed E-state index contributed by atoms with van der Waals surface area (Å²) in [6, 6.07) is 3.14. The summed E-state index contributed by atoms with van der Waals surface area (Å²) in [6.45, 7) is 2.21. The Labute approximate surface area is 97.3 Å². The first-order chi connectivity index (χ1) is 8.15. The highest BCUT2D eigenvalue weighted by Crippen LogP contribution is 2.10. The van der Waals surface area contributed by atoms with Crippen molar-refractivity contribution in [1.29, 1.82) is 0 Å². The minimum atomic E-state index is -1.05. The highest BCUT2D eigenvalue weighted by Gasteiger charge is 2.05. The average molecular weight is 233 g/mol. The molecule has 0 saturated carbocycles. The molecule has 2 N–H and O–H groups in total. The number of carbonyl (C=O) groups is 1. The zero-order chi connectivity index (χ0) is 12.3. The molecule has 0 saturated heterocycles. The van der Waals surface area contributed by atoms with E-state index in [9.17, 15) is 4.79 Å². The Morgan fingerprint density at radius 1 is 1.53 bits per heavy atom. The number of hydrogen-bond donors (Lipinski definition) is 2. The maximum Gasteiger partial charge on any atom is 0.354 e. The van der Waals surface area contributed by atoms with Crippen LogP contribution < -0.4 is 5.32 Å². The van der Waals surface area contributed by atoms with E-state index in [4.69, 9.17) is 9.52 Å². The number of nitrogens with zero attached hydrogens (tertiary/aromatic N) is 2. The van der Waals surface area contributed by atoms with Gasteiger partial charge in [0.2, 0.25) is 5.89 Å². The molecule has 2 rings (SSSR count). The molecule has 6 nitrogen and oxygen atoms in total. The van der Waals surface area contributed by atoms with Crippen molar-refractivity contribution in [1.82, 2.24) is 9.97 Å². The van der Waals surface area contributed by atoms with Crippen molar-refractivity contribution < 1.29 is 14.3 Å². The average Bonchev–Trinajstić information content (AvgIpc) is 2.73. The molecule has 0 aliphatic rings. The highest BCUT2D eigenvalue weighted by molar-refractivity contribution is 5.86. The van der Waals surface area contributed by atoms with E-state index >= 15 is 0 Å². The zero-order valence-electron chi connectivity index (χ0n) is 9.17. The van der Waals surface area contributed by atoms with Crippen LogP contribution in [0.15, 0.2) is 28.9 Å². The molecule has 0 spiro atoms. The van der Waals surface area contributed by atoms with E-state index in [0.29, 0.717) is 18.1 Å². The lowest BCUT2D eigenvalue weighted by Crippen LogP contribution is -2.03. The number of oxazole rings is 1. The van der Waals surface area contributed by atoms with E-state index in [1.807, 2.05) is 6.92 Å². The molecule has 2 aromatic heterocycles. The van der Waals surface area contributed by atoms with Crippen LogP contribution in [-0.2, 0) is 6.54 Å². The van der Waals surface area contributed by atoms with Crippen LogP contribution in [0.3, 0.4) is 0 Å². The minimum absolute atomic E-state index is 0.00131. The lowest BCUT2D eigenvalue weighted by Gasteiger charge is -2.03.